The van der Waals surface area contributed by atoms with Gasteiger partial charge < -0.3 is 18.9 Å². The second-order valence-corrected chi connectivity index (χ2v) is 21.1. The molecule has 0 amide bonds. The fourth-order valence-electron chi connectivity index (χ4n) is 3.41. The largest absolute Gasteiger partial charge is 0.437 e. The van der Waals surface area contributed by atoms with Crippen LogP contribution in [0.3, 0.4) is 0 Å². The van der Waals surface area contributed by atoms with Gasteiger partial charge >= 0.3 is 8.56 Å². The number of nitrogens with two attached hydrogens (primary N) is 1. The Morgan fingerprint density at radius 3 is 1.81 bits per heavy atom. The van der Waals surface area contributed by atoms with Crippen LogP contribution in [0.15, 0.2) is 0 Å². The molecule has 0 heterocycles. The summed E-state index contributed by atoms with van der Waals surface area (Å²) in [5.41, 5.74) is 5.68. The van der Waals surface area contributed by atoms with Crippen LogP contribution in [0.4, 0.5) is 0 Å². The van der Waals surface area contributed by atoms with Crippen molar-refractivity contribution in [2.75, 3.05) is 27.2 Å². The van der Waals surface area contributed by atoms with Crippen molar-refractivity contribution in [2.24, 2.45) is 5.73 Å². The van der Waals surface area contributed by atoms with Gasteiger partial charge in [-0.25, -0.2) is 0 Å². The molecule has 0 aromatic carbocycles. The van der Waals surface area contributed by atoms with Crippen molar-refractivity contribution in [1.29, 1.82) is 0 Å². The van der Waals surface area contributed by atoms with E-state index in [-0.39, 0.29) is 14.9 Å². The van der Waals surface area contributed by atoms with E-state index >= 15 is 0 Å². The predicted octanol–water partition coefficient (Wildman–Crippen LogP) is 5.87. The van der Waals surface area contributed by atoms with Crippen LogP contribution >= 0.6 is 0 Å². The average molecular weight is 425 g/mol. The molecule has 0 aromatic heterocycles. The van der Waals surface area contributed by atoms with Crippen LogP contribution in [0.25, 0.3) is 0 Å². The van der Waals surface area contributed by atoms with E-state index in [0.29, 0.717) is 0 Å². The molecule has 0 aliphatic carbocycles. The standard InChI is InChI=1S/C17H44N2O2Si3.2CH4/c1-9-10-16-24(8,17-12-14-19(2)3)21-23(6,7)20-22(4,5)15-11-13-18;;/h9-18H2,1-8H3;2*1H4. The van der Waals surface area contributed by atoms with Gasteiger partial charge in [0.25, 0.3) is 0 Å². The molecule has 7 heteroatoms. The zero-order valence-corrected chi connectivity index (χ0v) is 20.7. The molecule has 0 bridgehead atoms. The van der Waals surface area contributed by atoms with Crippen molar-refractivity contribution in [3.8, 4) is 0 Å². The Morgan fingerprint density at radius 1 is 0.808 bits per heavy atom. The quantitative estimate of drug-likeness (QED) is 0.354. The molecule has 0 radical (unpaired) electrons. The number of hydrogen-bond donors (Lipinski definition) is 1. The highest BCUT2D eigenvalue weighted by molar-refractivity contribution is 6.88. The molecule has 4 nitrogen and oxygen atoms in total. The monoisotopic (exact) mass is 424 g/mol. The molecule has 0 fully saturated rings. The van der Waals surface area contributed by atoms with E-state index < -0.39 is 25.2 Å². The lowest BCUT2D eigenvalue weighted by Crippen LogP contribution is -2.53. The molecule has 2 N–H and O–H groups in total. The van der Waals surface area contributed by atoms with Crippen molar-refractivity contribution < 1.29 is 8.23 Å². The van der Waals surface area contributed by atoms with Crippen LogP contribution in [-0.2, 0) is 8.23 Å². The Kier molecular flexibility index (Phi) is 17.4. The Labute approximate surface area is 169 Å². The second-order valence-electron chi connectivity index (χ2n) is 8.72. The van der Waals surface area contributed by atoms with Crippen LogP contribution in [0, 0.1) is 0 Å². The summed E-state index contributed by atoms with van der Waals surface area (Å²) in [6.07, 6.45) is 4.83. The van der Waals surface area contributed by atoms with Crippen LogP contribution in [0.2, 0.25) is 50.9 Å². The van der Waals surface area contributed by atoms with Crippen LogP contribution < -0.4 is 5.73 Å². The van der Waals surface area contributed by atoms with Gasteiger partial charge in [0.2, 0.25) is 0 Å². The summed E-state index contributed by atoms with van der Waals surface area (Å²) >= 11 is 0. The number of nitrogens with zero attached hydrogens (tertiary/aromatic N) is 1. The van der Waals surface area contributed by atoms with E-state index in [4.69, 9.17) is 14.0 Å². The first-order valence-corrected chi connectivity index (χ1v) is 18.5. The molecule has 0 aliphatic heterocycles. The third-order valence-corrected chi connectivity index (χ3v) is 16.9. The summed E-state index contributed by atoms with van der Waals surface area (Å²) in [4.78, 5) is 2.27. The summed E-state index contributed by atoms with van der Waals surface area (Å²) in [7, 11) is -1.14. The first kappa shape index (κ1) is 31.2. The Bertz CT molecular complexity index is 343. The predicted molar refractivity (Wildman–Crippen MR) is 128 cm³/mol. The Balaban J connectivity index is -0.00000264. The molecule has 0 saturated heterocycles. The van der Waals surface area contributed by atoms with Gasteiger partial charge in [-0.3, -0.25) is 0 Å². The highest BCUT2D eigenvalue weighted by atomic mass is 28.5. The summed E-state index contributed by atoms with van der Waals surface area (Å²) in [5.74, 6) is 0. The lowest BCUT2D eigenvalue weighted by molar-refractivity contribution is 0.374. The minimum atomic E-state index is -2.08. The Morgan fingerprint density at radius 2 is 1.35 bits per heavy atom. The van der Waals surface area contributed by atoms with Crippen LogP contribution in [0.1, 0.15) is 47.5 Å². The number of rotatable bonds is 14. The van der Waals surface area contributed by atoms with E-state index in [9.17, 15) is 0 Å². The summed E-state index contributed by atoms with van der Waals surface area (Å²) in [5, 5.41) is 0. The third kappa shape index (κ3) is 15.5. The zero-order chi connectivity index (χ0) is 18.9. The highest BCUT2D eigenvalue weighted by Gasteiger charge is 2.40. The second kappa shape index (κ2) is 14.5. The van der Waals surface area contributed by atoms with Gasteiger partial charge in [0, 0.05) is 0 Å². The lowest BCUT2D eigenvalue weighted by Gasteiger charge is -2.40. The van der Waals surface area contributed by atoms with Gasteiger partial charge in [-0.15, -0.1) is 0 Å². The summed E-state index contributed by atoms with van der Waals surface area (Å²) < 4.78 is 13.5. The molecular weight excluding hydrogens is 372 g/mol. The first-order chi connectivity index (χ1) is 11.0. The van der Waals surface area contributed by atoms with Crippen molar-refractivity contribution in [3.63, 3.8) is 0 Å². The molecule has 0 aromatic rings. The van der Waals surface area contributed by atoms with E-state index in [1.165, 1.54) is 31.4 Å². The number of unbranched alkanes of at least 4 members (excludes halogenated alkanes) is 1. The van der Waals surface area contributed by atoms with E-state index in [1.54, 1.807) is 0 Å². The van der Waals surface area contributed by atoms with E-state index in [2.05, 4.69) is 58.7 Å². The maximum Gasteiger partial charge on any atom is 0.311 e. The zero-order valence-electron chi connectivity index (χ0n) is 17.7. The Hall–Kier alpha value is 0.491. The van der Waals surface area contributed by atoms with Crippen LogP contribution in [0.5, 0.6) is 0 Å². The average Bonchev–Trinajstić information content (AvgIpc) is 2.40. The fourth-order valence-corrected chi connectivity index (χ4v) is 18.6. The molecule has 26 heavy (non-hydrogen) atoms. The number of hydrogen-bond acceptors (Lipinski definition) is 4. The van der Waals surface area contributed by atoms with Gasteiger partial charge in [-0.1, -0.05) is 34.6 Å². The van der Waals surface area contributed by atoms with E-state index in [0.717, 1.165) is 25.6 Å². The SMILES string of the molecule is C.C.CCCC[Si](C)(CCCN(C)C)O[Si](C)(C)O[Si](C)(C)CCCN. The van der Waals surface area contributed by atoms with Crippen molar-refractivity contribution >= 4 is 25.2 Å². The van der Waals surface area contributed by atoms with Crippen LogP contribution in [-0.4, -0.2) is 57.3 Å². The normalized spacial score (nSPS) is 14.5. The molecule has 1 unspecified atom stereocenters. The van der Waals surface area contributed by atoms with Crippen molar-refractivity contribution in [3.05, 3.63) is 0 Å². The maximum atomic E-state index is 6.87. The van der Waals surface area contributed by atoms with Crippen molar-refractivity contribution in [1.82, 2.24) is 4.90 Å². The molecule has 162 valence electrons. The molecule has 0 aliphatic rings. The highest BCUT2D eigenvalue weighted by Crippen LogP contribution is 2.29. The first-order valence-electron chi connectivity index (χ1n) is 9.70. The smallest absolute Gasteiger partial charge is 0.311 e. The van der Waals surface area contributed by atoms with Gasteiger partial charge in [-0.2, -0.15) is 0 Å². The van der Waals surface area contributed by atoms with Crippen molar-refractivity contribution in [2.45, 2.75) is 98.3 Å². The summed E-state index contributed by atoms with van der Waals surface area (Å²) in [6, 6.07) is 3.65. The molecule has 0 saturated carbocycles. The molecule has 1 atom stereocenters. The van der Waals surface area contributed by atoms with Gasteiger partial charge in [-0.05, 0) is 90.9 Å². The summed E-state index contributed by atoms with van der Waals surface area (Å²) in [6.45, 7) is 15.8. The fraction of sp³-hybridized carbons (Fsp3) is 1.00. The third-order valence-electron chi connectivity index (χ3n) is 4.37. The molecule has 0 spiro atoms. The molecular formula is C19H52N2O2Si3. The minimum absolute atomic E-state index is 0. The van der Waals surface area contributed by atoms with Gasteiger partial charge in [0.05, 0.1) is 0 Å². The van der Waals surface area contributed by atoms with Gasteiger partial charge in [0.1, 0.15) is 0 Å². The lowest BCUT2D eigenvalue weighted by atomic mass is 10.4. The van der Waals surface area contributed by atoms with Gasteiger partial charge in [0.15, 0.2) is 16.6 Å². The maximum absolute atomic E-state index is 6.87. The topological polar surface area (TPSA) is 47.7 Å². The minimum Gasteiger partial charge on any atom is -0.437 e. The molecule has 0 rings (SSSR count). The van der Waals surface area contributed by atoms with E-state index in [1.807, 2.05) is 0 Å².